The second-order valence-corrected chi connectivity index (χ2v) is 7.16. The van der Waals surface area contributed by atoms with Gasteiger partial charge in [0.25, 0.3) is 0 Å². The molecule has 1 saturated carbocycles. The average molecular weight is 307 g/mol. The lowest BCUT2D eigenvalue weighted by Gasteiger charge is -2.29. The van der Waals surface area contributed by atoms with Crippen LogP contribution in [-0.4, -0.2) is 24.9 Å². The maximum Gasteiger partial charge on any atom is 0.144 e. The van der Waals surface area contributed by atoms with Gasteiger partial charge in [0.15, 0.2) is 0 Å². The number of nitrogens with zero attached hydrogens (tertiary/aromatic N) is 1. The van der Waals surface area contributed by atoms with Gasteiger partial charge in [-0.3, -0.25) is 5.32 Å². The van der Waals surface area contributed by atoms with E-state index in [0.717, 1.165) is 25.3 Å². The molecule has 0 aromatic carbocycles. The minimum absolute atomic E-state index is 0.0901. The van der Waals surface area contributed by atoms with Gasteiger partial charge in [0.05, 0.1) is 18.3 Å². The molecule has 0 amide bonds. The molecule has 22 heavy (non-hydrogen) atoms. The van der Waals surface area contributed by atoms with E-state index in [1.165, 1.54) is 51.4 Å². The Morgan fingerprint density at radius 3 is 2.45 bits per heavy atom. The summed E-state index contributed by atoms with van der Waals surface area (Å²) in [6.07, 6.45) is 13.8. The van der Waals surface area contributed by atoms with Crippen LogP contribution in [-0.2, 0) is 4.74 Å². The molecule has 3 rings (SSSR count). The van der Waals surface area contributed by atoms with Gasteiger partial charge in [-0.2, -0.15) is 5.26 Å². The average Bonchev–Trinajstić information content (AvgIpc) is 2.90. The van der Waals surface area contributed by atoms with E-state index in [1.807, 2.05) is 0 Å². The summed E-state index contributed by atoms with van der Waals surface area (Å²) in [4.78, 5) is 0. The lowest BCUT2D eigenvalue weighted by molar-refractivity contribution is 0.0426. The minimum atomic E-state index is -0.202. The zero-order valence-corrected chi connectivity index (χ0v) is 14.1. The number of ether oxygens (including phenoxy) is 1. The molecular weight excluding hydrogens is 274 g/mol. The molecule has 4 nitrogen and oxygen atoms in total. The number of nitrogens with one attached hydrogen (secondary N) is 1. The topological polar surface area (TPSA) is 71.1 Å². The molecule has 4 atom stereocenters. The van der Waals surface area contributed by atoms with Crippen LogP contribution in [0.2, 0.25) is 0 Å². The zero-order valence-electron chi connectivity index (χ0n) is 14.1. The zero-order chi connectivity index (χ0) is 15.8. The Hall–Kier alpha value is -0.630. The molecule has 0 aromatic heterocycles. The minimum Gasteiger partial charge on any atom is -0.358 e. The van der Waals surface area contributed by atoms with Gasteiger partial charge in [-0.25, -0.2) is 0 Å². The Labute approximate surface area is 135 Å². The Bertz CT molecular complexity index is 347. The molecule has 3 N–H and O–H groups in total. The quantitative estimate of drug-likeness (QED) is 0.779. The van der Waals surface area contributed by atoms with E-state index in [1.54, 1.807) is 0 Å². The van der Waals surface area contributed by atoms with E-state index in [9.17, 15) is 0 Å². The summed E-state index contributed by atoms with van der Waals surface area (Å²) < 4.78 is 5.48. The maximum absolute atomic E-state index is 8.65. The fraction of sp³-hybridized carbons (Fsp3) is 0.944. The highest BCUT2D eigenvalue weighted by atomic mass is 16.5. The third-order valence-electron chi connectivity index (χ3n) is 5.47. The maximum atomic E-state index is 8.65. The van der Waals surface area contributed by atoms with Crippen molar-refractivity contribution in [3.8, 4) is 6.07 Å². The highest BCUT2D eigenvalue weighted by Crippen LogP contribution is 2.31. The monoisotopic (exact) mass is 307 g/mol. The molecule has 126 valence electrons. The van der Waals surface area contributed by atoms with Crippen LogP contribution in [0.25, 0.3) is 0 Å². The molecule has 2 saturated heterocycles. The summed E-state index contributed by atoms with van der Waals surface area (Å²) in [6.45, 7) is 3.14. The van der Waals surface area contributed by atoms with Crippen LogP contribution in [0.1, 0.15) is 71.1 Å². The van der Waals surface area contributed by atoms with E-state index in [4.69, 9.17) is 15.7 Å². The van der Waals surface area contributed by atoms with E-state index in [2.05, 4.69) is 18.3 Å². The van der Waals surface area contributed by atoms with Gasteiger partial charge in [-0.15, -0.1) is 0 Å². The number of hydrogen-bond acceptors (Lipinski definition) is 4. The first-order valence-corrected chi connectivity index (χ1v) is 9.27. The first-order chi connectivity index (χ1) is 10.7. The third kappa shape index (κ3) is 5.53. The number of piperidine rings is 1. The molecule has 0 radical (unpaired) electrons. The van der Waals surface area contributed by atoms with Crippen LogP contribution in [0.15, 0.2) is 0 Å². The van der Waals surface area contributed by atoms with Crippen LogP contribution >= 0.6 is 0 Å². The largest absolute Gasteiger partial charge is 0.358 e. The molecular formula is C18H33N3O. The summed E-state index contributed by atoms with van der Waals surface area (Å²) >= 11 is 0. The van der Waals surface area contributed by atoms with Crippen LogP contribution in [0.5, 0.6) is 0 Å². The van der Waals surface area contributed by atoms with Crippen molar-refractivity contribution >= 4 is 0 Å². The predicted octanol–water partition coefficient (Wildman–Crippen LogP) is 3.32. The number of nitrogens with two attached hydrogens (primary N) is 1. The van der Waals surface area contributed by atoms with Gasteiger partial charge in [-0.05, 0) is 24.7 Å². The summed E-state index contributed by atoms with van der Waals surface area (Å²) in [5.41, 5.74) is 5.73. The predicted molar refractivity (Wildman–Crippen MR) is 89.1 cm³/mol. The normalized spacial score (nSPS) is 36.2. The first kappa shape index (κ1) is 17.7. The highest BCUT2D eigenvalue weighted by molar-refractivity contribution is 4.97. The van der Waals surface area contributed by atoms with Crippen molar-refractivity contribution in [2.75, 3.05) is 6.54 Å². The van der Waals surface area contributed by atoms with Gasteiger partial charge < -0.3 is 10.5 Å². The van der Waals surface area contributed by atoms with Crippen LogP contribution in [0.4, 0.5) is 0 Å². The second kappa shape index (κ2) is 9.50. The molecule has 2 heterocycles. The molecule has 3 aliphatic rings. The van der Waals surface area contributed by atoms with E-state index >= 15 is 0 Å². The molecule has 3 fully saturated rings. The Kier molecular flexibility index (Phi) is 7.65. The number of fused-ring (bicyclic) bond motifs is 1. The summed E-state index contributed by atoms with van der Waals surface area (Å²) in [5, 5.41) is 11.8. The third-order valence-corrected chi connectivity index (χ3v) is 5.47. The van der Waals surface area contributed by atoms with E-state index in [0.29, 0.717) is 5.92 Å². The van der Waals surface area contributed by atoms with Crippen LogP contribution in [0, 0.1) is 23.2 Å². The van der Waals surface area contributed by atoms with Crippen molar-refractivity contribution in [3.63, 3.8) is 0 Å². The summed E-state index contributed by atoms with van der Waals surface area (Å²) in [6, 6.07) is 2.14. The molecule has 2 aliphatic heterocycles. The van der Waals surface area contributed by atoms with Crippen molar-refractivity contribution in [3.05, 3.63) is 0 Å². The summed E-state index contributed by atoms with van der Waals surface area (Å²) in [5.74, 6) is 1.56. The van der Waals surface area contributed by atoms with Gasteiger partial charge in [0, 0.05) is 6.54 Å². The SMILES string of the molecule is CCC1CCCCCCC1.N#CC1CC2CC(N)NCC2O1. The molecule has 0 aromatic rings. The van der Waals surface area contributed by atoms with Crippen molar-refractivity contribution < 1.29 is 4.74 Å². The fourth-order valence-electron chi connectivity index (χ4n) is 3.98. The molecule has 4 unspecified atom stereocenters. The van der Waals surface area contributed by atoms with Crippen LogP contribution in [0.3, 0.4) is 0 Å². The van der Waals surface area contributed by atoms with Crippen molar-refractivity contribution in [1.82, 2.24) is 5.32 Å². The van der Waals surface area contributed by atoms with Gasteiger partial charge >= 0.3 is 0 Å². The number of nitriles is 1. The lowest BCUT2D eigenvalue weighted by atomic mass is 9.90. The second-order valence-electron chi connectivity index (χ2n) is 7.16. The van der Waals surface area contributed by atoms with Crippen molar-refractivity contribution in [2.45, 2.75) is 89.5 Å². The van der Waals surface area contributed by atoms with E-state index < -0.39 is 0 Å². The Morgan fingerprint density at radius 2 is 1.82 bits per heavy atom. The molecule has 0 spiro atoms. The Morgan fingerprint density at radius 1 is 1.14 bits per heavy atom. The van der Waals surface area contributed by atoms with E-state index in [-0.39, 0.29) is 18.4 Å². The van der Waals surface area contributed by atoms with Crippen molar-refractivity contribution in [1.29, 1.82) is 5.26 Å². The highest BCUT2D eigenvalue weighted by Gasteiger charge is 2.38. The first-order valence-electron chi connectivity index (χ1n) is 9.27. The standard InChI is InChI=1S/C10H20.C8H13N3O/c1-2-10-8-6-4-3-5-7-9-10;9-3-6-1-5-2-8(10)11-4-7(5)12-6/h10H,2-9H2,1H3;5-8,11H,1-2,4,10H2. The summed E-state index contributed by atoms with van der Waals surface area (Å²) in [7, 11) is 0. The number of rotatable bonds is 1. The van der Waals surface area contributed by atoms with Gasteiger partial charge in [-0.1, -0.05) is 58.3 Å². The van der Waals surface area contributed by atoms with Gasteiger partial charge in [0.1, 0.15) is 6.10 Å². The fourth-order valence-corrected chi connectivity index (χ4v) is 3.98. The smallest absolute Gasteiger partial charge is 0.144 e. The Balaban J connectivity index is 0.000000164. The molecule has 0 bridgehead atoms. The van der Waals surface area contributed by atoms with Gasteiger partial charge in [0.2, 0.25) is 0 Å². The molecule has 4 heteroatoms. The number of hydrogen-bond donors (Lipinski definition) is 2. The molecule has 1 aliphatic carbocycles. The van der Waals surface area contributed by atoms with Crippen molar-refractivity contribution in [2.24, 2.45) is 17.6 Å². The lowest BCUT2D eigenvalue weighted by Crippen LogP contribution is -2.49. The van der Waals surface area contributed by atoms with Crippen LogP contribution < -0.4 is 11.1 Å².